The Bertz CT molecular complexity index is 521. The summed E-state index contributed by atoms with van der Waals surface area (Å²) in [6.45, 7) is 1.36. The molecule has 1 fully saturated rings. The first-order valence-electron chi connectivity index (χ1n) is 6.11. The summed E-state index contributed by atoms with van der Waals surface area (Å²) in [7, 11) is 2.03. The summed E-state index contributed by atoms with van der Waals surface area (Å²) in [5.41, 5.74) is -0.225. The third-order valence-corrected chi connectivity index (χ3v) is 3.15. The number of aromatic nitrogens is 1. The zero-order valence-corrected chi connectivity index (χ0v) is 10.7. The van der Waals surface area contributed by atoms with Gasteiger partial charge >= 0.3 is 5.69 Å². The Morgan fingerprint density at radius 3 is 3.00 bits per heavy atom. The van der Waals surface area contributed by atoms with Crippen LogP contribution in [0.2, 0.25) is 0 Å². The zero-order valence-electron chi connectivity index (χ0n) is 10.7. The SMILES string of the molecule is CN(CCNc1nccc(C#N)c1[N+](=O)[O-])C1CC1. The summed E-state index contributed by atoms with van der Waals surface area (Å²) in [4.78, 5) is 16.6. The molecule has 0 saturated heterocycles. The van der Waals surface area contributed by atoms with Crippen molar-refractivity contribution in [3.8, 4) is 6.07 Å². The monoisotopic (exact) mass is 261 g/mol. The Kier molecular flexibility index (Phi) is 3.92. The average Bonchev–Trinajstić information content (AvgIpc) is 3.22. The lowest BCUT2D eigenvalue weighted by atomic mass is 10.2. The molecule has 0 atom stereocenters. The molecule has 0 aliphatic heterocycles. The Labute approximate surface area is 111 Å². The van der Waals surface area contributed by atoms with Crippen molar-refractivity contribution in [3.63, 3.8) is 0 Å². The zero-order chi connectivity index (χ0) is 13.8. The highest BCUT2D eigenvalue weighted by atomic mass is 16.6. The number of nitrogens with zero attached hydrogens (tertiary/aromatic N) is 4. The van der Waals surface area contributed by atoms with E-state index in [1.807, 2.05) is 13.1 Å². The van der Waals surface area contributed by atoms with E-state index in [4.69, 9.17) is 5.26 Å². The largest absolute Gasteiger partial charge is 0.363 e. The average molecular weight is 261 g/mol. The van der Waals surface area contributed by atoms with Crippen LogP contribution in [0, 0.1) is 21.4 Å². The molecular weight excluding hydrogens is 246 g/mol. The van der Waals surface area contributed by atoms with E-state index < -0.39 is 4.92 Å². The number of hydrogen-bond acceptors (Lipinski definition) is 6. The molecule has 0 spiro atoms. The van der Waals surface area contributed by atoms with Gasteiger partial charge in [0.05, 0.1) is 4.92 Å². The topological polar surface area (TPSA) is 95.1 Å². The van der Waals surface area contributed by atoms with E-state index >= 15 is 0 Å². The third-order valence-electron chi connectivity index (χ3n) is 3.15. The van der Waals surface area contributed by atoms with Crippen molar-refractivity contribution >= 4 is 11.5 Å². The van der Waals surface area contributed by atoms with Gasteiger partial charge in [-0.1, -0.05) is 0 Å². The number of hydrogen-bond donors (Lipinski definition) is 1. The minimum atomic E-state index is -0.571. The van der Waals surface area contributed by atoms with Gasteiger partial charge in [-0.15, -0.1) is 0 Å². The molecule has 1 saturated carbocycles. The van der Waals surface area contributed by atoms with Crippen molar-refractivity contribution in [1.29, 1.82) is 5.26 Å². The van der Waals surface area contributed by atoms with Crippen molar-refractivity contribution in [3.05, 3.63) is 27.9 Å². The molecule has 100 valence electrons. The van der Waals surface area contributed by atoms with E-state index in [9.17, 15) is 10.1 Å². The van der Waals surface area contributed by atoms with Crippen LogP contribution in [-0.4, -0.2) is 41.0 Å². The fourth-order valence-corrected chi connectivity index (χ4v) is 1.91. The normalized spacial score (nSPS) is 14.2. The van der Waals surface area contributed by atoms with Crippen molar-refractivity contribution in [2.45, 2.75) is 18.9 Å². The fourth-order valence-electron chi connectivity index (χ4n) is 1.91. The van der Waals surface area contributed by atoms with Crippen LogP contribution in [-0.2, 0) is 0 Å². The predicted molar refractivity (Wildman–Crippen MR) is 69.7 cm³/mol. The van der Waals surface area contributed by atoms with Crippen LogP contribution in [0.25, 0.3) is 0 Å². The Balaban J connectivity index is 2.03. The maximum absolute atomic E-state index is 11.0. The molecule has 0 radical (unpaired) electrons. The van der Waals surface area contributed by atoms with Crippen LogP contribution in [0.1, 0.15) is 18.4 Å². The number of rotatable bonds is 6. The first-order chi connectivity index (χ1) is 9.13. The molecule has 7 heteroatoms. The van der Waals surface area contributed by atoms with Gasteiger partial charge in [0.1, 0.15) is 11.6 Å². The molecule has 1 aliphatic carbocycles. The molecule has 0 bridgehead atoms. The highest BCUT2D eigenvalue weighted by molar-refractivity contribution is 5.63. The lowest BCUT2D eigenvalue weighted by molar-refractivity contribution is -0.384. The van der Waals surface area contributed by atoms with Gasteiger partial charge in [-0.2, -0.15) is 5.26 Å². The van der Waals surface area contributed by atoms with Crippen LogP contribution < -0.4 is 5.32 Å². The van der Waals surface area contributed by atoms with Gasteiger partial charge in [0.2, 0.25) is 5.82 Å². The van der Waals surface area contributed by atoms with E-state index in [0.29, 0.717) is 12.6 Å². The second-order valence-electron chi connectivity index (χ2n) is 4.56. The first kappa shape index (κ1) is 13.2. The van der Waals surface area contributed by atoms with E-state index in [1.165, 1.54) is 25.1 Å². The Morgan fingerprint density at radius 1 is 1.68 bits per heavy atom. The summed E-state index contributed by atoms with van der Waals surface area (Å²) in [5.74, 6) is 0.160. The predicted octanol–water partition coefficient (Wildman–Crippen LogP) is 1.37. The lowest BCUT2D eigenvalue weighted by Gasteiger charge is -2.15. The van der Waals surface area contributed by atoms with Crippen molar-refractivity contribution in [1.82, 2.24) is 9.88 Å². The molecule has 7 nitrogen and oxygen atoms in total. The molecular formula is C12H15N5O2. The highest BCUT2D eigenvalue weighted by Crippen LogP contribution is 2.26. The van der Waals surface area contributed by atoms with Gasteiger partial charge in [-0.25, -0.2) is 4.98 Å². The van der Waals surface area contributed by atoms with Crippen LogP contribution >= 0.6 is 0 Å². The molecule has 1 aromatic heterocycles. The van der Waals surface area contributed by atoms with Gasteiger partial charge in [0, 0.05) is 25.3 Å². The standard InChI is InChI=1S/C12H15N5O2/c1-16(10-2-3-10)7-6-15-12-11(17(18)19)9(8-13)4-5-14-12/h4-5,10H,2-3,6-7H2,1H3,(H,14,15). The number of anilines is 1. The van der Waals surface area contributed by atoms with E-state index in [2.05, 4.69) is 15.2 Å². The van der Waals surface area contributed by atoms with Gasteiger partial charge in [-0.3, -0.25) is 10.1 Å². The van der Waals surface area contributed by atoms with Gasteiger partial charge < -0.3 is 10.2 Å². The summed E-state index contributed by atoms with van der Waals surface area (Å²) >= 11 is 0. The van der Waals surface area contributed by atoms with Crippen LogP contribution in [0.4, 0.5) is 11.5 Å². The third kappa shape index (κ3) is 3.17. The molecule has 0 aromatic carbocycles. The summed E-state index contributed by atoms with van der Waals surface area (Å²) in [6.07, 6.45) is 3.84. The maximum Gasteiger partial charge on any atom is 0.328 e. The fraction of sp³-hybridized carbons (Fsp3) is 0.500. The second kappa shape index (κ2) is 5.63. The minimum Gasteiger partial charge on any atom is -0.363 e. The van der Waals surface area contributed by atoms with Gasteiger partial charge in [-0.05, 0) is 26.0 Å². The van der Waals surface area contributed by atoms with E-state index in [1.54, 1.807) is 0 Å². The number of nitriles is 1. The van der Waals surface area contributed by atoms with Crippen LogP contribution in [0.15, 0.2) is 12.3 Å². The van der Waals surface area contributed by atoms with Gasteiger partial charge in [0.15, 0.2) is 0 Å². The Hall–Kier alpha value is -2.20. The number of likely N-dealkylation sites (N-methyl/N-ethyl adjacent to an activating group) is 1. The lowest BCUT2D eigenvalue weighted by Crippen LogP contribution is -2.27. The molecule has 19 heavy (non-hydrogen) atoms. The summed E-state index contributed by atoms with van der Waals surface area (Å²) < 4.78 is 0. The molecule has 2 rings (SSSR count). The van der Waals surface area contributed by atoms with Crippen molar-refractivity contribution < 1.29 is 4.92 Å². The smallest absolute Gasteiger partial charge is 0.328 e. The molecule has 1 N–H and O–H groups in total. The maximum atomic E-state index is 11.0. The molecule has 0 amide bonds. The summed E-state index contributed by atoms with van der Waals surface area (Å²) in [6, 6.07) is 3.81. The van der Waals surface area contributed by atoms with E-state index in [0.717, 1.165) is 6.54 Å². The number of pyridine rings is 1. The second-order valence-corrected chi connectivity index (χ2v) is 4.56. The quantitative estimate of drug-likeness (QED) is 0.613. The van der Waals surface area contributed by atoms with E-state index in [-0.39, 0.29) is 17.1 Å². The van der Waals surface area contributed by atoms with Crippen molar-refractivity contribution in [2.75, 3.05) is 25.5 Å². The number of nitro groups is 1. The number of nitrogens with one attached hydrogen (secondary N) is 1. The Morgan fingerprint density at radius 2 is 2.42 bits per heavy atom. The minimum absolute atomic E-state index is 0.0260. The first-order valence-corrected chi connectivity index (χ1v) is 6.11. The van der Waals surface area contributed by atoms with Crippen LogP contribution in [0.3, 0.4) is 0 Å². The molecule has 0 unspecified atom stereocenters. The molecule has 1 aromatic rings. The highest BCUT2D eigenvalue weighted by Gasteiger charge is 2.26. The molecule has 1 heterocycles. The molecule has 1 aliphatic rings. The van der Waals surface area contributed by atoms with Gasteiger partial charge in [0.25, 0.3) is 0 Å². The summed E-state index contributed by atoms with van der Waals surface area (Å²) in [5, 5.41) is 22.8. The van der Waals surface area contributed by atoms with Crippen molar-refractivity contribution in [2.24, 2.45) is 0 Å². The van der Waals surface area contributed by atoms with Crippen LogP contribution in [0.5, 0.6) is 0 Å².